The molecule has 34 heavy (non-hydrogen) atoms. The van der Waals surface area contributed by atoms with Crippen LogP contribution < -0.4 is 14.8 Å². The van der Waals surface area contributed by atoms with E-state index in [1.165, 1.54) is 12.1 Å². The van der Waals surface area contributed by atoms with Gasteiger partial charge in [-0.25, -0.2) is 4.39 Å². The van der Waals surface area contributed by atoms with E-state index in [9.17, 15) is 9.18 Å². The lowest BCUT2D eigenvalue weighted by molar-refractivity contribution is 0.0925. The van der Waals surface area contributed by atoms with Gasteiger partial charge >= 0.3 is 0 Å². The van der Waals surface area contributed by atoms with E-state index in [0.717, 1.165) is 21.9 Å². The Balaban J connectivity index is 1.34. The van der Waals surface area contributed by atoms with Gasteiger partial charge in [0.25, 0.3) is 5.91 Å². The lowest BCUT2D eigenvalue weighted by Gasteiger charge is -2.11. The number of rotatable bonds is 8. The molecule has 2 aromatic heterocycles. The van der Waals surface area contributed by atoms with Crippen molar-refractivity contribution in [1.82, 2.24) is 10.3 Å². The summed E-state index contributed by atoms with van der Waals surface area (Å²) < 4.78 is 30.9. The summed E-state index contributed by atoms with van der Waals surface area (Å²) in [5.74, 6) is 0.769. The molecule has 0 saturated heterocycles. The van der Waals surface area contributed by atoms with Crippen molar-refractivity contribution in [2.45, 2.75) is 13.0 Å². The average molecular weight is 458 g/mol. The largest absolute Gasteiger partial charge is 0.493 e. The van der Waals surface area contributed by atoms with Crippen molar-refractivity contribution in [3.8, 4) is 11.5 Å². The van der Waals surface area contributed by atoms with Crippen LogP contribution in [-0.2, 0) is 13.0 Å². The number of aromatic nitrogens is 1. The molecule has 1 amide bonds. The summed E-state index contributed by atoms with van der Waals surface area (Å²) in [5.41, 5.74) is 3.06. The van der Waals surface area contributed by atoms with Crippen LogP contribution in [-0.4, -0.2) is 24.5 Å². The maximum absolute atomic E-state index is 13.6. The van der Waals surface area contributed by atoms with Crippen LogP contribution in [0, 0.1) is 5.82 Å². The Labute approximate surface area is 195 Å². The molecule has 0 spiro atoms. The lowest BCUT2D eigenvalue weighted by Crippen LogP contribution is -2.26. The van der Waals surface area contributed by atoms with Gasteiger partial charge in [0.15, 0.2) is 17.3 Å². The summed E-state index contributed by atoms with van der Waals surface area (Å²) in [6.07, 6.45) is 2.38. The third kappa shape index (κ3) is 4.20. The van der Waals surface area contributed by atoms with Crippen molar-refractivity contribution in [2.24, 2.45) is 0 Å². The molecule has 5 rings (SSSR count). The number of H-pyrrole nitrogens is 1. The molecule has 0 fully saturated rings. The van der Waals surface area contributed by atoms with Gasteiger partial charge in [0.1, 0.15) is 18.0 Å². The fraction of sp³-hybridized carbons (Fsp3) is 0.148. The van der Waals surface area contributed by atoms with Crippen molar-refractivity contribution in [3.63, 3.8) is 0 Å². The van der Waals surface area contributed by atoms with Crippen LogP contribution in [0.1, 0.15) is 21.7 Å². The zero-order valence-electron chi connectivity index (χ0n) is 18.6. The third-order valence-corrected chi connectivity index (χ3v) is 5.75. The van der Waals surface area contributed by atoms with E-state index in [2.05, 4.69) is 10.3 Å². The van der Waals surface area contributed by atoms with Gasteiger partial charge in [-0.15, -0.1) is 0 Å². The van der Waals surface area contributed by atoms with E-state index in [0.29, 0.717) is 35.6 Å². The summed E-state index contributed by atoms with van der Waals surface area (Å²) in [5, 5.41) is 4.54. The van der Waals surface area contributed by atoms with Crippen LogP contribution >= 0.6 is 0 Å². The smallest absolute Gasteiger partial charge is 0.287 e. The summed E-state index contributed by atoms with van der Waals surface area (Å²) >= 11 is 0. The Bertz CT molecular complexity index is 1470. The van der Waals surface area contributed by atoms with Crippen LogP contribution in [0.5, 0.6) is 11.5 Å². The minimum Gasteiger partial charge on any atom is -0.493 e. The highest BCUT2D eigenvalue weighted by atomic mass is 19.1. The van der Waals surface area contributed by atoms with Gasteiger partial charge in [-0.2, -0.15) is 0 Å². The lowest BCUT2D eigenvalue weighted by atomic mass is 10.1. The maximum Gasteiger partial charge on any atom is 0.287 e. The topological polar surface area (TPSA) is 76.5 Å². The van der Waals surface area contributed by atoms with Crippen molar-refractivity contribution in [1.29, 1.82) is 0 Å². The predicted octanol–water partition coefficient (Wildman–Crippen LogP) is 5.61. The SMILES string of the molecule is COc1ccccc1OCc1c(C(=O)NCCc2c[nH]c3ccc(F)cc23)oc2ccccc12. The van der Waals surface area contributed by atoms with Gasteiger partial charge in [-0.1, -0.05) is 30.3 Å². The van der Waals surface area contributed by atoms with Crippen LogP contribution in [0.2, 0.25) is 0 Å². The first-order valence-electron chi connectivity index (χ1n) is 10.9. The van der Waals surface area contributed by atoms with Crippen molar-refractivity contribution >= 4 is 27.8 Å². The second-order valence-electron chi connectivity index (χ2n) is 7.86. The van der Waals surface area contributed by atoms with Crippen LogP contribution in [0.25, 0.3) is 21.9 Å². The molecule has 0 radical (unpaired) electrons. The highest BCUT2D eigenvalue weighted by Gasteiger charge is 2.21. The molecular formula is C27H23FN2O4. The number of hydrogen-bond donors (Lipinski definition) is 2. The first kappa shape index (κ1) is 21.6. The molecular weight excluding hydrogens is 435 g/mol. The first-order chi connectivity index (χ1) is 16.6. The second-order valence-corrected chi connectivity index (χ2v) is 7.86. The van der Waals surface area contributed by atoms with Gasteiger partial charge in [0.05, 0.1) is 7.11 Å². The molecule has 2 N–H and O–H groups in total. The molecule has 2 heterocycles. The molecule has 3 aromatic carbocycles. The van der Waals surface area contributed by atoms with Gasteiger partial charge in [0.2, 0.25) is 0 Å². The minimum atomic E-state index is -0.333. The summed E-state index contributed by atoms with van der Waals surface area (Å²) in [4.78, 5) is 16.2. The number of aromatic amines is 1. The summed E-state index contributed by atoms with van der Waals surface area (Å²) in [6, 6.07) is 19.4. The van der Waals surface area contributed by atoms with E-state index in [-0.39, 0.29) is 24.1 Å². The quantitative estimate of drug-likeness (QED) is 0.317. The molecule has 0 aliphatic heterocycles. The number of amides is 1. The number of benzene rings is 3. The van der Waals surface area contributed by atoms with Crippen molar-refractivity contribution < 1.29 is 23.1 Å². The number of carbonyl (C=O) groups is 1. The van der Waals surface area contributed by atoms with Gasteiger partial charge in [-0.05, 0) is 48.4 Å². The van der Waals surface area contributed by atoms with Gasteiger partial charge in [0, 0.05) is 34.6 Å². The minimum absolute atomic E-state index is 0.141. The Kier molecular flexibility index (Phi) is 5.91. The maximum atomic E-state index is 13.6. The highest BCUT2D eigenvalue weighted by Crippen LogP contribution is 2.30. The van der Waals surface area contributed by atoms with Crippen LogP contribution in [0.15, 0.2) is 77.3 Å². The number of carbonyl (C=O) groups excluding carboxylic acids is 1. The summed E-state index contributed by atoms with van der Waals surface area (Å²) in [6.45, 7) is 0.508. The van der Waals surface area contributed by atoms with E-state index in [1.807, 2.05) is 54.7 Å². The molecule has 0 aliphatic rings. The molecule has 0 atom stereocenters. The molecule has 5 aromatic rings. The number of fused-ring (bicyclic) bond motifs is 2. The Hall–Kier alpha value is -4.26. The molecule has 0 unspecified atom stereocenters. The second kappa shape index (κ2) is 9.31. The fourth-order valence-corrected chi connectivity index (χ4v) is 4.06. The highest BCUT2D eigenvalue weighted by molar-refractivity contribution is 5.99. The van der Waals surface area contributed by atoms with E-state index in [1.54, 1.807) is 13.2 Å². The number of furan rings is 1. The number of nitrogens with one attached hydrogen (secondary N) is 2. The molecule has 0 aliphatic carbocycles. The van der Waals surface area contributed by atoms with Crippen molar-refractivity contribution in [2.75, 3.05) is 13.7 Å². The third-order valence-electron chi connectivity index (χ3n) is 5.75. The molecule has 6 nitrogen and oxygen atoms in total. The first-order valence-corrected chi connectivity index (χ1v) is 10.9. The number of ether oxygens (including phenoxy) is 2. The standard InChI is InChI=1S/C27H23FN2O4/c1-32-24-8-4-5-9-25(24)33-16-21-19-6-2-3-7-23(19)34-26(21)27(31)29-13-12-17-15-30-22-11-10-18(28)14-20(17)22/h2-11,14-15,30H,12-13,16H2,1H3,(H,29,31). The Morgan fingerprint density at radius 3 is 2.68 bits per heavy atom. The van der Waals surface area contributed by atoms with Crippen molar-refractivity contribution in [3.05, 3.63) is 95.6 Å². The van der Waals surface area contributed by atoms with Crippen LogP contribution in [0.4, 0.5) is 4.39 Å². The van der Waals surface area contributed by atoms with E-state index in [4.69, 9.17) is 13.9 Å². The number of halogens is 1. The molecule has 0 bridgehead atoms. The zero-order chi connectivity index (χ0) is 23.5. The number of methoxy groups -OCH3 is 1. The van der Waals surface area contributed by atoms with E-state index >= 15 is 0 Å². The summed E-state index contributed by atoms with van der Waals surface area (Å²) in [7, 11) is 1.58. The fourth-order valence-electron chi connectivity index (χ4n) is 4.06. The van der Waals surface area contributed by atoms with Crippen LogP contribution in [0.3, 0.4) is 0 Å². The van der Waals surface area contributed by atoms with Gasteiger partial charge in [-0.3, -0.25) is 4.79 Å². The number of hydrogen-bond acceptors (Lipinski definition) is 4. The Morgan fingerprint density at radius 1 is 1.03 bits per heavy atom. The molecule has 0 saturated carbocycles. The molecule has 172 valence electrons. The molecule has 7 heteroatoms. The predicted molar refractivity (Wildman–Crippen MR) is 128 cm³/mol. The number of para-hydroxylation sites is 3. The normalized spacial score (nSPS) is 11.1. The van der Waals surface area contributed by atoms with Gasteiger partial charge < -0.3 is 24.2 Å². The Morgan fingerprint density at radius 2 is 1.82 bits per heavy atom. The van der Waals surface area contributed by atoms with E-state index < -0.39 is 0 Å². The monoisotopic (exact) mass is 458 g/mol. The average Bonchev–Trinajstić information content (AvgIpc) is 3.44. The zero-order valence-corrected chi connectivity index (χ0v) is 18.6.